The number of carboxylic acid groups (broad SMARTS) is 1. The van der Waals surface area contributed by atoms with Gasteiger partial charge in [0.05, 0.1) is 28.5 Å². The van der Waals surface area contributed by atoms with Gasteiger partial charge in [0.1, 0.15) is 5.75 Å². The van der Waals surface area contributed by atoms with Crippen LogP contribution in [0.25, 0.3) is 21.8 Å². The highest BCUT2D eigenvalue weighted by atomic mass is 32.2. The Labute approximate surface area is 364 Å². The van der Waals surface area contributed by atoms with Crippen LogP contribution >= 0.6 is 0 Å². The molecule has 0 aliphatic carbocycles. The van der Waals surface area contributed by atoms with E-state index in [1.807, 2.05) is 33.7 Å². The number of aryl methyl sites for hydroxylation is 3. The summed E-state index contributed by atoms with van der Waals surface area (Å²) in [6.45, 7) is 5.57. The minimum atomic E-state index is -4.16. The molecule has 4 amide bonds. The molecule has 0 atom stereocenters. The van der Waals surface area contributed by atoms with Crippen LogP contribution in [-0.4, -0.2) is 108 Å². The van der Waals surface area contributed by atoms with Crippen molar-refractivity contribution in [1.82, 2.24) is 20.6 Å². The van der Waals surface area contributed by atoms with E-state index in [2.05, 4.69) is 10.6 Å². The van der Waals surface area contributed by atoms with Crippen molar-refractivity contribution in [1.29, 1.82) is 0 Å². The molecule has 4 aromatic rings. The van der Waals surface area contributed by atoms with Gasteiger partial charge in [-0.05, 0) is 81.6 Å². The summed E-state index contributed by atoms with van der Waals surface area (Å²) < 4.78 is 40.1. The van der Waals surface area contributed by atoms with Crippen LogP contribution < -0.4 is 19.9 Å². The lowest BCUT2D eigenvalue weighted by molar-refractivity contribution is -0.645. The Morgan fingerprint density at radius 1 is 0.778 bits per heavy atom. The first-order valence-corrected chi connectivity index (χ1v) is 22.3. The standard InChI is InChI=1S/C44H51N5O13S/c1-29-27-31(28-30(2)42(29)61-44(57)41-32-11-3-5-13-34(32)48(24-10-26-63(58,59)60)35-14-6-4-12-33(35)41)43(56)46-21-9-23-47(25-19-39(53)54)22-8-20-45-36(50)15-7-16-40(55)62-49-37(51)17-18-38(49)52/h3-6,11-14,27-28H,7-10,15-26H2,1-2H3,(H3-,45,46,50,53,54,56,58,59,60)/p+1. The number of imide groups is 1. The molecule has 1 aliphatic rings. The second kappa shape index (κ2) is 22.2. The van der Waals surface area contributed by atoms with E-state index in [0.29, 0.717) is 93.9 Å². The monoisotopic (exact) mass is 890 g/mol. The third kappa shape index (κ3) is 13.6. The van der Waals surface area contributed by atoms with E-state index >= 15 is 0 Å². The topological polar surface area (TPSA) is 247 Å². The van der Waals surface area contributed by atoms with E-state index < -0.39 is 45.6 Å². The SMILES string of the molecule is Cc1cc(C(=O)NCCCN(CCCNC(=O)CCCC(=O)ON2C(=O)CCC2=O)CCC(=O)O)cc(C)c1OC(=O)c1c2ccccc2[n+](CCCS(=O)(=O)O)c2ccccc12. The number of esters is 1. The maximum atomic E-state index is 14.1. The van der Waals surface area contributed by atoms with Gasteiger partial charge in [-0.2, -0.15) is 13.0 Å². The molecule has 5 rings (SSSR count). The summed E-state index contributed by atoms with van der Waals surface area (Å²) in [5.74, 6) is -4.26. The zero-order valence-electron chi connectivity index (χ0n) is 35.2. The number of carbonyl (C=O) groups excluding carboxylic acids is 6. The number of ether oxygens (including phenoxy) is 1. The summed E-state index contributed by atoms with van der Waals surface area (Å²) >= 11 is 0. The van der Waals surface area contributed by atoms with Gasteiger partial charge in [0.15, 0.2) is 6.54 Å². The van der Waals surface area contributed by atoms with E-state index in [9.17, 15) is 51.6 Å². The highest BCUT2D eigenvalue weighted by Crippen LogP contribution is 2.30. The van der Waals surface area contributed by atoms with Gasteiger partial charge in [0, 0.05) is 69.4 Å². The summed E-state index contributed by atoms with van der Waals surface area (Å²) in [6, 6.07) is 17.7. The average Bonchev–Trinajstić information content (AvgIpc) is 3.55. The van der Waals surface area contributed by atoms with Gasteiger partial charge in [-0.15, -0.1) is 5.06 Å². The van der Waals surface area contributed by atoms with Crippen LogP contribution in [-0.2, 0) is 45.5 Å². The molecule has 0 saturated carbocycles. The largest absolute Gasteiger partial charge is 0.481 e. The zero-order valence-corrected chi connectivity index (χ0v) is 36.0. The molecular formula is C44H52N5O13S+. The molecule has 336 valence electrons. The number of rotatable bonds is 23. The number of amides is 4. The summed E-state index contributed by atoms with van der Waals surface area (Å²) in [6.07, 6.45) is 1.11. The molecule has 2 heterocycles. The lowest BCUT2D eigenvalue weighted by Crippen LogP contribution is -2.37. The number of aromatic nitrogens is 1. The number of aliphatic carboxylic acids is 1. The number of benzene rings is 3. The first-order chi connectivity index (χ1) is 30.0. The second-order valence-electron chi connectivity index (χ2n) is 15.2. The molecule has 18 nitrogen and oxygen atoms in total. The van der Waals surface area contributed by atoms with E-state index in [1.54, 1.807) is 50.2 Å². The van der Waals surface area contributed by atoms with Crippen molar-refractivity contribution < 1.29 is 65.8 Å². The lowest BCUT2D eigenvalue weighted by atomic mass is 10.0. The fraction of sp³-hybridized carbons (Fsp3) is 0.409. The lowest BCUT2D eigenvalue weighted by Gasteiger charge is -2.21. The van der Waals surface area contributed by atoms with Gasteiger partial charge in [0.25, 0.3) is 27.8 Å². The smallest absolute Gasteiger partial charge is 0.345 e. The molecular weight excluding hydrogens is 839 g/mol. The van der Waals surface area contributed by atoms with E-state index in [4.69, 9.17) is 9.57 Å². The van der Waals surface area contributed by atoms with Crippen LogP contribution in [0.5, 0.6) is 5.75 Å². The van der Waals surface area contributed by atoms with Crippen molar-refractivity contribution in [3.8, 4) is 5.75 Å². The quantitative estimate of drug-likeness (QED) is 0.0158. The number of carboxylic acids is 1. The molecule has 63 heavy (non-hydrogen) atoms. The van der Waals surface area contributed by atoms with Gasteiger partial charge in [0.2, 0.25) is 16.9 Å². The maximum absolute atomic E-state index is 14.1. The van der Waals surface area contributed by atoms with E-state index in [1.165, 1.54) is 0 Å². The number of fused-ring (bicyclic) bond motifs is 2. The molecule has 0 bridgehead atoms. The molecule has 4 N–H and O–H groups in total. The van der Waals surface area contributed by atoms with Crippen molar-refractivity contribution in [2.24, 2.45) is 0 Å². The molecule has 1 saturated heterocycles. The van der Waals surface area contributed by atoms with Gasteiger partial charge >= 0.3 is 17.9 Å². The highest BCUT2D eigenvalue weighted by molar-refractivity contribution is 7.85. The zero-order chi connectivity index (χ0) is 45.7. The molecule has 3 aromatic carbocycles. The highest BCUT2D eigenvalue weighted by Gasteiger charge is 2.33. The normalized spacial score (nSPS) is 12.9. The Balaban J connectivity index is 1.12. The van der Waals surface area contributed by atoms with Crippen molar-refractivity contribution >= 4 is 73.5 Å². The fourth-order valence-electron chi connectivity index (χ4n) is 7.38. The Bertz CT molecular complexity index is 2410. The Hall–Kier alpha value is -6.31. The van der Waals surface area contributed by atoms with Gasteiger partial charge in [-0.3, -0.25) is 28.5 Å². The summed E-state index contributed by atoms with van der Waals surface area (Å²) in [7, 11) is -4.16. The predicted octanol–water partition coefficient (Wildman–Crippen LogP) is 3.57. The number of pyridine rings is 1. The Morgan fingerprint density at radius 3 is 1.92 bits per heavy atom. The average molecular weight is 891 g/mol. The van der Waals surface area contributed by atoms with Gasteiger partial charge < -0.3 is 30.2 Å². The summed E-state index contributed by atoms with van der Waals surface area (Å²) in [5.41, 5.74) is 3.15. The van der Waals surface area contributed by atoms with Gasteiger partial charge in [-0.1, -0.05) is 24.3 Å². The molecule has 0 radical (unpaired) electrons. The predicted molar refractivity (Wildman–Crippen MR) is 228 cm³/mol. The molecule has 0 unspecified atom stereocenters. The van der Waals surface area contributed by atoms with E-state index in [-0.39, 0.29) is 69.8 Å². The van der Waals surface area contributed by atoms with Crippen molar-refractivity contribution in [3.05, 3.63) is 82.9 Å². The number of nitrogens with one attached hydrogen (secondary N) is 2. The molecule has 1 fully saturated rings. The number of para-hydroxylation sites is 2. The summed E-state index contributed by atoms with van der Waals surface area (Å²) in [5, 5.41) is 16.6. The van der Waals surface area contributed by atoms with E-state index in [0.717, 1.165) is 0 Å². The minimum absolute atomic E-state index is 0.0102. The fourth-order valence-corrected chi connectivity index (χ4v) is 7.87. The van der Waals surface area contributed by atoms with Crippen LogP contribution in [0.1, 0.15) is 89.6 Å². The van der Waals surface area contributed by atoms with Crippen LogP contribution in [0.4, 0.5) is 0 Å². The third-order valence-electron chi connectivity index (χ3n) is 10.4. The Morgan fingerprint density at radius 2 is 1.35 bits per heavy atom. The molecule has 0 spiro atoms. The molecule has 1 aliphatic heterocycles. The third-order valence-corrected chi connectivity index (χ3v) is 11.2. The first kappa shape index (κ1) is 47.7. The Kier molecular flexibility index (Phi) is 16.8. The minimum Gasteiger partial charge on any atom is -0.481 e. The van der Waals surface area contributed by atoms with Crippen LogP contribution in [0, 0.1) is 13.8 Å². The maximum Gasteiger partial charge on any atom is 0.345 e. The van der Waals surface area contributed by atoms with Crippen molar-refractivity contribution in [3.63, 3.8) is 0 Å². The van der Waals surface area contributed by atoms with Crippen LogP contribution in [0.15, 0.2) is 60.7 Å². The number of hydroxylamine groups is 2. The van der Waals surface area contributed by atoms with Crippen LogP contribution in [0.3, 0.4) is 0 Å². The van der Waals surface area contributed by atoms with Crippen molar-refractivity contribution in [2.75, 3.05) is 38.5 Å². The van der Waals surface area contributed by atoms with Crippen LogP contribution in [0.2, 0.25) is 0 Å². The molecule has 19 heteroatoms. The number of hydrogen-bond acceptors (Lipinski definition) is 12. The number of hydrogen-bond donors (Lipinski definition) is 4. The first-order valence-electron chi connectivity index (χ1n) is 20.7. The van der Waals surface area contributed by atoms with Gasteiger partial charge in [-0.25, -0.2) is 9.59 Å². The second-order valence-corrected chi connectivity index (χ2v) is 16.8. The number of nitrogens with zero attached hydrogens (tertiary/aromatic N) is 3. The van der Waals surface area contributed by atoms with Crippen molar-refractivity contribution in [2.45, 2.75) is 78.2 Å². The molecule has 1 aromatic heterocycles. The number of carbonyl (C=O) groups is 7. The summed E-state index contributed by atoms with van der Waals surface area (Å²) in [4.78, 5) is 92.8.